The molecule has 0 aliphatic heterocycles. The van der Waals surface area contributed by atoms with Gasteiger partial charge in [-0.3, -0.25) is 19.7 Å². The third-order valence-corrected chi connectivity index (χ3v) is 4.30. The monoisotopic (exact) mass is 407 g/mol. The van der Waals surface area contributed by atoms with Crippen molar-refractivity contribution in [3.8, 4) is 0 Å². The molecule has 2 aromatic carbocycles. The number of amides is 1. The molecule has 0 aliphatic carbocycles. The molecule has 0 atom stereocenters. The molecule has 152 valence electrons. The minimum Gasteiger partial charge on any atom is -0.465 e. The van der Waals surface area contributed by atoms with E-state index in [9.17, 15) is 24.5 Å². The molecule has 9 nitrogen and oxygen atoms in total. The number of rotatable bonds is 6. The van der Waals surface area contributed by atoms with Crippen molar-refractivity contribution in [2.75, 3.05) is 12.4 Å². The number of aromatic nitrogens is 1. The number of carbonyl (C=O) groups excluding carboxylic acids is 2. The van der Waals surface area contributed by atoms with E-state index in [2.05, 4.69) is 10.1 Å². The number of non-ortho nitro benzene ring substituents is 1. The Bertz CT molecular complexity index is 1170. The molecule has 1 N–H and O–H groups in total. The summed E-state index contributed by atoms with van der Waals surface area (Å²) in [5.74, 6) is -1.11. The van der Waals surface area contributed by atoms with Crippen LogP contribution in [0, 0.1) is 10.1 Å². The highest BCUT2D eigenvalue weighted by molar-refractivity contribution is 6.04. The Morgan fingerprint density at radius 3 is 2.50 bits per heavy atom. The van der Waals surface area contributed by atoms with Crippen LogP contribution in [0.2, 0.25) is 0 Å². The third-order valence-electron chi connectivity index (χ3n) is 4.30. The number of ether oxygens (including phenoxy) is 1. The van der Waals surface area contributed by atoms with E-state index in [0.29, 0.717) is 16.8 Å². The first-order chi connectivity index (χ1) is 14.4. The molecule has 30 heavy (non-hydrogen) atoms. The van der Waals surface area contributed by atoms with Crippen molar-refractivity contribution in [3.05, 3.63) is 104 Å². The summed E-state index contributed by atoms with van der Waals surface area (Å²) in [7, 11) is 1.27. The Balaban J connectivity index is 1.79. The molecule has 0 spiro atoms. The minimum atomic E-state index is -0.612. The summed E-state index contributed by atoms with van der Waals surface area (Å²) < 4.78 is 5.92. The van der Waals surface area contributed by atoms with Gasteiger partial charge >= 0.3 is 5.97 Å². The van der Waals surface area contributed by atoms with Gasteiger partial charge in [0.05, 0.1) is 24.1 Å². The molecule has 0 radical (unpaired) electrons. The van der Waals surface area contributed by atoms with Gasteiger partial charge in [-0.25, -0.2) is 4.79 Å². The molecule has 0 fully saturated rings. The average Bonchev–Trinajstić information content (AvgIpc) is 2.75. The zero-order valence-corrected chi connectivity index (χ0v) is 15.9. The van der Waals surface area contributed by atoms with Crippen LogP contribution in [0.4, 0.5) is 11.4 Å². The maximum atomic E-state index is 12.7. The van der Waals surface area contributed by atoms with Gasteiger partial charge in [-0.15, -0.1) is 0 Å². The number of hydrogen-bond acceptors (Lipinski definition) is 6. The van der Waals surface area contributed by atoms with Crippen molar-refractivity contribution < 1.29 is 19.2 Å². The number of pyridine rings is 1. The SMILES string of the molecule is COC(=O)c1ccc(NC(=O)c2cccn(Cc3cccc([N+](=O)[O-])c3)c2=O)cc1. The van der Waals surface area contributed by atoms with Crippen LogP contribution in [0.3, 0.4) is 0 Å². The maximum absolute atomic E-state index is 12.7. The molecule has 3 rings (SSSR count). The lowest BCUT2D eigenvalue weighted by molar-refractivity contribution is -0.384. The second-order valence-corrected chi connectivity index (χ2v) is 6.30. The van der Waals surface area contributed by atoms with E-state index in [0.717, 1.165) is 0 Å². The summed E-state index contributed by atoms with van der Waals surface area (Å²) in [4.78, 5) is 47.1. The first kappa shape index (κ1) is 20.5. The zero-order valence-electron chi connectivity index (χ0n) is 15.9. The second-order valence-electron chi connectivity index (χ2n) is 6.30. The molecule has 0 saturated carbocycles. The van der Waals surface area contributed by atoms with Gasteiger partial charge in [0, 0.05) is 24.0 Å². The summed E-state index contributed by atoms with van der Waals surface area (Å²) in [6.07, 6.45) is 1.50. The highest BCUT2D eigenvalue weighted by Crippen LogP contribution is 2.14. The number of esters is 1. The molecule has 1 aromatic heterocycles. The third kappa shape index (κ3) is 4.58. The van der Waals surface area contributed by atoms with Gasteiger partial charge in [-0.1, -0.05) is 12.1 Å². The van der Waals surface area contributed by atoms with Gasteiger partial charge in [0.25, 0.3) is 17.2 Å². The molecule has 0 bridgehead atoms. The van der Waals surface area contributed by atoms with E-state index in [1.165, 1.54) is 66.4 Å². The standard InChI is InChI=1S/C21H17N3O6/c1-30-21(27)15-7-9-16(10-8-15)22-19(25)18-6-3-11-23(20(18)26)13-14-4-2-5-17(12-14)24(28)29/h2-12H,13H2,1H3,(H,22,25). The highest BCUT2D eigenvalue weighted by Gasteiger charge is 2.14. The van der Waals surface area contributed by atoms with Gasteiger partial charge in [-0.2, -0.15) is 0 Å². The van der Waals surface area contributed by atoms with Crippen molar-refractivity contribution in [3.63, 3.8) is 0 Å². The zero-order chi connectivity index (χ0) is 21.7. The number of hydrogen-bond donors (Lipinski definition) is 1. The fraction of sp³-hybridized carbons (Fsp3) is 0.0952. The van der Waals surface area contributed by atoms with Gasteiger partial charge in [0.1, 0.15) is 5.56 Å². The summed E-state index contributed by atoms with van der Waals surface area (Å²) in [5.41, 5.74) is 0.593. The van der Waals surface area contributed by atoms with E-state index in [4.69, 9.17) is 0 Å². The lowest BCUT2D eigenvalue weighted by Crippen LogP contribution is -2.29. The largest absolute Gasteiger partial charge is 0.465 e. The molecule has 1 amide bonds. The lowest BCUT2D eigenvalue weighted by atomic mass is 10.2. The lowest BCUT2D eigenvalue weighted by Gasteiger charge is -2.09. The van der Waals surface area contributed by atoms with Crippen molar-refractivity contribution in [2.24, 2.45) is 0 Å². The van der Waals surface area contributed by atoms with Gasteiger partial charge in [0.2, 0.25) is 0 Å². The molecule has 1 heterocycles. The first-order valence-corrected chi connectivity index (χ1v) is 8.81. The summed E-state index contributed by atoms with van der Waals surface area (Å²) in [6.45, 7) is 0.0788. The smallest absolute Gasteiger partial charge is 0.337 e. The number of nitro groups is 1. The van der Waals surface area contributed by atoms with Crippen molar-refractivity contribution in [2.45, 2.75) is 6.54 Å². The van der Waals surface area contributed by atoms with E-state index < -0.39 is 22.4 Å². The fourth-order valence-corrected chi connectivity index (χ4v) is 2.81. The summed E-state index contributed by atoms with van der Waals surface area (Å²) in [5, 5.41) is 13.5. The molecule has 9 heteroatoms. The predicted molar refractivity (Wildman–Crippen MR) is 109 cm³/mol. The van der Waals surface area contributed by atoms with Crippen LogP contribution in [0.1, 0.15) is 26.3 Å². The number of carbonyl (C=O) groups is 2. The van der Waals surface area contributed by atoms with Crippen LogP contribution in [0.25, 0.3) is 0 Å². The molecule has 3 aromatic rings. The van der Waals surface area contributed by atoms with Gasteiger partial charge < -0.3 is 14.6 Å². The van der Waals surface area contributed by atoms with Crippen LogP contribution in [-0.2, 0) is 11.3 Å². The normalized spacial score (nSPS) is 10.3. The van der Waals surface area contributed by atoms with E-state index in [1.807, 2.05) is 0 Å². The van der Waals surface area contributed by atoms with E-state index >= 15 is 0 Å². The Kier molecular flexibility index (Phi) is 6.02. The molecular formula is C21H17N3O6. The summed E-state index contributed by atoms with van der Waals surface area (Å²) >= 11 is 0. The Hall–Kier alpha value is -4.27. The number of nitro benzene ring substituents is 1. The number of nitrogens with one attached hydrogen (secondary N) is 1. The average molecular weight is 407 g/mol. The molecule has 0 aliphatic rings. The van der Waals surface area contributed by atoms with E-state index in [1.54, 1.807) is 12.1 Å². The molecule has 0 unspecified atom stereocenters. The van der Waals surface area contributed by atoms with E-state index in [-0.39, 0.29) is 17.8 Å². The summed E-state index contributed by atoms with van der Waals surface area (Å²) in [6, 6.07) is 14.9. The minimum absolute atomic E-state index is 0.0788. The number of methoxy groups -OCH3 is 1. The van der Waals surface area contributed by atoms with Gasteiger partial charge in [0.15, 0.2) is 0 Å². The number of anilines is 1. The van der Waals surface area contributed by atoms with Gasteiger partial charge in [-0.05, 0) is 42.0 Å². The molecule has 0 saturated heterocycles. The van der Waals surface area contributed by atoms with Crippen LogP contribution >= 0.6 is 0 Å². The quantitative estimate of drug-likeness (QED) is 0.381. The topological polar surface area (TPSA) is 121 Å². The highest BCUT2D eigenvalue weighted by atomic mass is 16.6. The predicted octanol–water partition coefficient (Wildman–Crippen LogP) is 2.84. The van der Waals surface area contributed by atoms with Crippen molar-refractivity contribution in [1.29, 1.82) is 0 Å². The fourth-order valence-electron chi connectivity index (χ4n) is 2.81. The maximum Gasteiger partial charge on any atom is 0.337 e. The van der Waals surface area contributed by atoms with Crippen LogP contribution in [0.15, 0.2) is 71.7 Å². The first-order valence-electron chi connectivity index (χ1n) is 8.81. The number of benzene rings is 2. The van der Waals surface area contributed by atoms with Crippen molar-refractivity contribution in [1.82, 2.24) is 4.57 Å². The Morgan fingerprint density at radius 2 is 1.83 bits per heavy atom. The Morgan fingerprint density at radius 1 is 1.10 bits per heavy atom. The Labute approximate surface area is 170 Å². The van der Waals surface area contributed by atoms with Crippen LogP contribution in [-0.4, -0.2) is 28.5 Å². The molecular weight excluding hydrogens is 390 g/mol. The van der Waals surface area contributed by atoms with Crippen LogP contribution < -0.4 is 10.9 Å². The van der Waals surface area contributed by atoms with Crippen molar-refractivity contribution >= 4 is 23.3 Å². The van der Waals surface area contributed by atoms with Crippen LogP contribution in [0.5, 0.6) is 0 Å². The second kappa shape index (κ2) is 8.82. The number of nitrogens with zero attached hydrogens (tertiary/aromatic N) is 2.